The molecular formula is C20H18Cl2N4O2S. The van der Waals surface area contributed by atoms with Crippen molar-refractivity contribution in [3.8, 4) is 0 Å². The summed E-state index contributed by atoms with van der Waals surface area (Å²) in [5, 5.41) is 10.8. The molecule has 29 heavy (non-hydrogen) atoms. The van der Waals surface area contributed by atoms with E-state index in [1.807, 2.05) is 24.3 Å². The summed E-state index contributed by atoms with van der Waals surface area (Å²) in [5.41, 5.74) is 1.53. The molecule has 9 heteroatoms. The Morgan fingerprint density at radius 3 is 2.55 bits per heavy atom. The highest BCUT2D eigenvalue weighted by atomic mass is 35.5. The lowest BCUT2D eigenvalue weighted by molar-refractivity contribution is -0.114. The van der Waals surface area contributed by atoms with E-state index in [2.05, 4.69) is 15.7 Å². The van der Waals surface area contributed by atoms with Crippen molar-refractivity contribution in [2.45, 2.75) is 18.4 Å². The number of carbonyl (C=O) groups is 2. The van der Waals surface area contributed by atoms with E-state index in [0.29, 0.717) is 22.4 Å². The second-order valence-corrected chi connectivity index (χ2v) is 7.96. The number of hydrogen-bond acceptors (Lipinski definition) is 4. The van der Waals surface area contributed by atoms with Gasteiger partial charge in [-0.05, 0) is 35.9 Å². The molecule has 3 aromatic rings. The molecule has 0 aliphatic heterocycles. The maximum Gasteiger partial charge on any atom is 0.235 e. The van der Waals surface area contributed by atoms with Crippen molar-refractivity contribution in [2.75, 3.05) is 16.4 Å². The van der Waals surface area contributed by atoms with Gasteiger partial charge in [-0.15, -0.1) is 11.8 Å². The van der Waals surface area contributed by atoms with Crippen LogP contribution in [0.4, 0.5) is 11.5 Å². The van der Waals surface area contributed by atoms with Crippen molar-refractivity contribution in [3.05, 3.63) is 70.3 Å². The van der Waals surface area contributed by atoms with Gasteiger partial charge in [-0.1, -0.05) is 35.3 Å². The van der Waals surface area contributed by atoms with Crippen LogP contribution in [-0.4, -0.2) is 27.3 Å². The first-order valence-electron chi connectivity index (χ1n) is 8.67. The molecule has 0 bridgehead atoms. The lowest BCUT2D eigenvalue weighted by Crippen LogP contribution is -2.18. The number of aromatic nitrogens is 2. The third-order valence-electron chi connectivity index (χ3n) is 3.88. The molecule has 150 valence electrons. The number of anilines is 2. The molecule has 2 amide bonds. The molecular weight excluding hydrogens is 431 g/mol. The zero-order valence-corrected chi connectivity index (χ0v) is 17.8. The second-order valence-electron chi connectivity index (χ2n) is 6.13. The Morgan fingerprint density at radius 2 is 1.83 bits per heavy atom. The van der Waals surface area contributed by atoms with E-state index in [-0.39, 0.29) is 17.6 Å². The summed E-state index contributed by atoms with van der Waals surface area (Å²) >= 11 is 13.7. The predicted molar refractivity (Wildman–Crippen MR) is 118 cm³/mol. The fourth-order valence-electron chi connectivity index (χ4n) is 2.56. The monoisotopic (exact) mass is 448 g/mol. The van der Waals surface area contributed by atoms with Gasteiger partial charge in [0.1, 0.15) is 5.82 Å². The average molecular weight is 449 g/mol. The number of amides is 2. The summed E-state index contributed by atoms with van der Waals surface area (Å²) in [6, 6.07) is 14.4. The van der Waals surface area contributed by atoms with E-state index in [4.69, 9.17) is 23.2 Å². The van der Waals surface area contributed by atoms with Gasteiger partial charge >= 0.3 is 0 Å². The van der Waals surface area contributed by atoms with Crippen LogP contribution >= 0.6 is 35.0 Å². The Kier molecular flexibility index (Phi) is 7.19. The highest BCUT2D eigenvalue weighted by Gasteiger charge is 2.11. The van der Waals surface area contributed by atoms with E-state index in [0.717, 1.165) is 16.1 Å². The van der Waals surface area contributed by atoms with Crippen LogP contribution in [0.15, 0.2) is 59.6 Å². The summed E-state index contributed by atoms with van der Waals surface area (Å²) in [4.78, 5) is 24.3. The Labute approximate surface area is 182 Å². The number of halogens is 2. The lowest BCUT2D eigenvalue weighted by Gasteiger charge is -2.11. The van der Waals surface area contributed by atoms with Crippen LogP contribution in [0.5, 0.6) is 0 Å². The Bertz CT molecular complexity index is 1020. The summed E-state index contributed by atoms with van der Waals surface area (Å²) < 4.78 is 1.66. The molecule has 0 spiro atoms. The van der Waals surface area contributed by atoms with E-state index >= 15 is 0 Å². The van der Waals surface area contributed by atoms with Crippen LogP contribution in [0.25, 0.3) is 0 Å². The zero-order valence-electron chi connectivity index (χ0n) is 15.5. The zero-order chi connectivity index (χ0) is 20.8. The summed E-state index contributed by atoms with van der Waals surface area (Å²) in [6.45, 7) is 1.85. The number of rotatable bonds is 7. The van der Waals surface area contributed by atoms with Crippen LogP contribution in [0.1, 0.15) is 12.5 Å². The van der Waals surface area contributed by atoms with Crippen molar-refractivity contribution in [2.24, 2.45) is 0 Å². The van der Waals surface area contributed by atoms with Gasteiger partial charge in [0, 0.05) is 23.6 Å². The fourth-order valence-corrected chi connectivity index (χ4v) is 3.64. The Hall–Kier alpha value is -2.48. The number of benzene rings is 2. The Balaban J connectivity index is 1.57. The highest BCUT2D eigenvalue weighted by molar-refractivity contribution is 8.00. The maximum absolute atomic E-state index is 12.3. The number of nitrogens with one attached hydrogen (secondary N) is 2. The minimum absolute atomic E-state index is 0.125. The van der Waals surface area contributed by atoms with Gasteiger partial charge in [-0.2, -0.15) is 5.10 Å². The van der Waals surface area contributed by atoms with Crippen LogP contribution in [0, 0.1) is 0 Å². The van der Waals surface area contributed by atoms with Gasteiger partial charge in [0.15, 0.2) is 0 Å². The summed E-state index contributed by atoms with van der Waals surface area (Å²) in [6.07, 6.45) is 1.61. The van der Waals surface area contributed by atoms with Crippen LogP contribution < -0.4 is 10.6 Å². The quantitative estimate of drug-likeness (QED) is 0.502. The average Bonchev–Trinajstić information content (AvgIpc) is 3.11. The molecule has 0 saturated carbocycles. The molecule has 2 N–H and O–H groups in total. The SMILES string of the molecule is CC(=O)Nc1ccc(SCC(=O)Nc2ccnn2Cc2cccc(Cl)c2Cl)cc1. The molecule has 0 aliphatic rings. The third-order valence-corrected chi connectivity index (χ3v) is 5.75. The fraction of sp³-hybridized carbons (Fsp3) is 0.150. The van der Waals surface area contributed by atoms with Gasteiger partial charge in [-0.25, -0.2) is 4.68 Å². The van der Waals surface area contributed by atoms with Gasteiger partial charge in [-0.3, -0.25) is 9.59 Å². The molecule has 0 atom stereocenters. The summed E-state index contributed by atoms with van der Waals surface area (Å²) in [7, 11) is 0. The standard InChI is InChI=1S/C20H18Cl2N4O2S/c1-13(27)24-15-5-7-16(8-6-15)29-12-19(28)25-18-9-10-23-26(18)11-14-3-2-4-17(21)20(14)22/h2-10H,11-12H2,1H3,(H,24,27)(H,25,28). The summed E-state index contributed by atoms with van der Waals surface area (Å²) in [5.74, 6) is 0.538. The van der Waals surface area contributed by atoms with Crippen LogP contribution in [0.2, 0.25) is 10.0 Å². The number of hydrogen-bond donors (Lipinski definition) is 2. The van der Waals surface area contributed by atoms with E-state index in [9.17, 15) is 9.59 Å². The maximum atomic E-state index is 12.3. The molecule has 0 aliphatic carbocycles. The largest absolute Gasteiger partial charge is 0.326 e. The smallest absolute Gasteiger partial charge is 0.235 e. The normalized spacial score (nSPS) is 10.6. The molecule has 0 saturated heterocycles. The van der Waals surface area contributed by atoms with Crippen molar-refractivity contribution < 1.29 is 9.59 Å². The molecule has 3 rings (SSSR count). The highest BCUT2D eigenvalue weighted by Crippen LogP contribution is 2.27. The van der Waals surface area contributed by atoms with Crippen LogP contribution in [0.3, 0.4) is 0 Å². The lowest BCUT2D eigenvalue weighted by atomic mass is 10.2. The van der Waals surface area contributed by atoms with Gasteiger partial charge in [0.25, 0.3) is 0 Å². The molecule has 1 heterocycles. The van der Waals surface area contributed by atoms with Crippen molar-refractivity contribution in [1.82, 2.24) is 9.78 Å². The van der Waals surface area contributed by atoms with Gasteiger partial charge < -0.3 is 10.6 Å². The minimum atomic E-state index is -0.153. The topological polar surface area (TPSA) is 76.0 Å². The first-order chi connectivity index (χ1) is 13.9. The molecule has 0 fully saturated rings. The predicted octanol–water partition coefficient (Wildman–Crippen LogP) is 4.93. The van der Waals surface area contributed by atoms with E-state index < -0.39 is 0 Å². The minimum Gasteiger partial charge on any atom is -0.326 e. The van der Waals surface area contributed by atoms with Gasteiger partial charge in [0.2, 0.25) is 11.8 Å². The Morgan fingerprint density at radius 1 is 1.07 bits per heavy atom. The number of nitrogens with zero attached hydrogens (tertiary/aromatic N) is 2. The molecule has 0 radical (unpaired) electrons. The number of thioether (sulfide) groups is 1. The first-order valence-corrected chi connectivity index (χ1v) is 10.4. The number of carbonyl (C=O) groups excluding carboxylic acids is 2. The van der Waals surface area contributed by atoms with E-state index in [1.54, 1.807) is 35.1 Å². The third kappa shape index (κ3) is 6.00. The van der Waals surface area contributed by atoms with Crippen molar-refractivity contribution in [1.29, 1.82) is 0 Å². The molecule has 0 unspecified atom stereocenters. The van der Waals surface area contributed by atoms with Crippen molar-refractivity contribution in [3.63, 3.8) is 0 Å². The van der Waals surface area contributed by atoms with Crippen LogP contribution in [-0.2, 0) is 16.1 Å². The first kappa shape index (κ1) is 21.2. The second kappa shape index (κ2) is 9.82. The molecule has 2 aromatic carbocycles. The van der Waals surface area contributed by atoms with E-state index in [1.165, 1.54) is 18.7 Å². The molecule has 1 aromatic heterocycles. The van der Waals surface area contributed by atoms with Gasteiger partial charge in [0.05, 0.1) is 28.5 Å². The molecule has 6 nitrogen and oxygen atoms in total. The van der Waals surface area contributed by atoms with Crippen molar-refractivity contribution >= 4 is 58.3 Å².